The van der Waals surface area contributed by atoms with Gasteiger partial charge in [-0.3, -0.25) is 4.79 Å². The van der Waals surface area contributed by atoms with E-state index < -0.39 is 5.97 Å². The van der Waals surface area contributed by atoms with Crippen molar-refractivity contribution in [2.24, 2.45) is 0 Å². The lowest BCUT2D eigenvalue weighted by molar-refractivity contribution is 0.0519. The molecule has 0 aliphatic heterocycles. The molecule has 3 aromatic rings. The number of thiazole rings is 1. The van der Waals surface area contributed by atoms with Crippen LogP contribution in [0.25, 0.3) is 5.13 Å². The molecule has 0 amide bonds. The summed E-state index contributed by atoms with van der Waals surface area (Å²) in [5.74, 6) is -0.493. The van der Waals surface area contributed by atoms with Crippen molar-refractivity contribution in [3.63, 3.8) is 0 Å². The van der Waals surface area contributed by atoms with Crippen molar-refractivity contribution >= 4 is 23.1 Å². The first kappa shape index (κ1) is 17.9. The molecule has 0 spiro atoms. The Morgan fingerprint density at radius 3 is 2.73 bits per heavy atom. The molecule has 0 aliphatic carbocycles. The standard InChI is InChI=1S/C18H18N4O3S/c1-3-25-17(24)14-11-22(21-20-14)18-19-12(2)16(26-18)15(23)10-9-13-7-5-4-6-8-13/h4-8,11H,3,9-10H2,1-2H3. The Morgan fingerprint density at radius 2 is 2.00 bits per heavy atom. The number of ketones is 1. The van der Waals surface area contributed by atoms with Crippen molar-refractivity contribution in [1.82, 2.24) is 20.0 Å². The van der Waals surface area contributed by atoms with Crippen molar-refractivity contribution in [1.29, 1.82) is 0 Å². The molecule has 1 aromatic carbocycles. The van der Waals surface area contributed by atoms with E-state index in [0.29, 0.717) is 28.5 Å². The lowest BCUT2D eigenvalue weighted by Gasteiger charge is -2.00. The third-order valence-corrected chi connectivity index (χ3v) is 4.88. The van der Waals surface area contributed by atoms with E-state index in [1.807, 2.05) is 30.3 Å². The molecule has 0 saturated heterocycles. The van der Waals surface area contributed by atoms with Crippen LogP contribution in [0.5, 0.6) is 0 Å². The minimum Gasteiger partial charge on any atom is -0.461 e. The van der Waals surface area contributed by atoms with E-state index in [9.17, 15) is 9.59 Å². The van der Waals surface area contributed by atoms with Crippen molar-refractivity contribution in [2.45, 2.75) is 26.7 Å². The van der Waals surface area contributed by atoms with Crippen LogP contribution >= 0.6 is 11.3 Å². The first-order chi connectivity index (χ1) is 12.6. The highest BCUT2D eigenvalue weighted by atomic mass is 32.1. The van der Waals surface area contributed by atoms with Gasteiger partial charge in [-0.1, -0.05) is 46.9 Å². The zero-order valence-corrected chi connectivity index (χ0v) is 15.3. The molecular formula is C18H18N4O3S. The monoisotopic (exact) mass is 370 g/mol. The molecule has 0 bridgehead atoms. The molecule has 7 nitrogen and oxygen atoms in total. The van der Waals surface area contributed by atoms with Crippen LogP contribution in [0.3, 0.4) is 0 Å². The van der Waals surface area contributed by atoms with Crippen molar-refractivity contribution < 1.29 is 14.3 Å². The van der Waals surface area contributed by atoms with Crippen LogP contribution in [0.15, 0.2) is 36.5 Å². The van der Waals surface area contributed by atoms with Gasteiger partial charge < -0.3 is 4.74 Å². The minimum absolute atomic E-state index is 0.0424. The van der Waals surface area contributed by atoms with E-state index in [2.05, 4.69) is 15.3 Å². The van der Waals surface area contributed by atoms with Crippen LogP contribution in [0.4, 0.5) is 0 Å². The zero-order chi connectivity index (χ0) is 18.5. The summed E-state index contributed by atoms with van der Waals surface area (Å²) in [5, 5.41) is 8.18. The number of hydrogen-bond acceptors (Lipinski definition) is 7. The number of benzene rings is 1. The van der Waals surface area contributed by atoms with E-state index in [0.717, 1.165) is 5.56 Å². The van der Waals surface area contributed by atoms with Gasteiger partial charge in [0.15, 0.2) is 11.5 Å². The molecule has 134 valence electrons. The summed E-state index contributed by atoms with van der Waals surface area (Å²) in [6.07, 6.45) is 2.55. The number of Topliss-reactive ketones (excluding diaryl/α,β-unsaturated/α-hetero) is 1. The highest BCUT2D eigenvalue weighted by Crippen LogP contribution is 2.23. The predicted octanol–water partition coefficient (Wildman–Crippen LogP) is 3.02. The van der Waals surface area contributed by atoms with Crippen molar-refractivity contribution in [3.05, 3.63) is 58.4 Å². The topological polar surface area (TPSA) is 87.0 Å². The van der Waals surface area contributed by atoms with E-state index >= 15 is 0 Å². The molecule has 0 radical (unpaired) electrons. The third kappa shape index (κ3) is 4.02. The summed E-state index contributed by atoms with van der Waals surface area (Å²) in [6.45, 7) is 3.78. The molecule has 2 heterocycles. The number of carbonyl (C=O) groups is 2. The molecule has 0 fully saturated rings. The van der Waals surface area contributed by atoms with E-state index in [-0.39, 0.29) is 18.1 Å². The quantitative estimate of drug-likeness (QED) is 0.469. The molecule has 26 heavy (non-hydrogen) atoms. The number of nitrogens with zero attached hydrogens (tertiary/aromatic N) is 4. The average molecular weight is 370 g/mol. The Kier molecular flexibility index (Phi) is 5.52. The molecule has 0 saturated carbocycles. The Balaban J connectivity index is 1.72. The van der Waals surface area contributed by atoms with Crippen LogP contribution in [0.2, 0.25) is 0 Å². The Bertz CT molecular complexity index is 918. The lowest BCUT2D eigenvalue weighted by Crippen LogP contribution is -2.04. The highest BCUT2D eigenvalue weighted by Gasteiger charge is 2.18. The van der Waals surface area contributed by atoms with Crippen LogP contribution in [-0.4, -0.2) is 38.3 Å². The first-order valence-electron chi connectivity index (χ1n) is 8.23. The van der Waals surface area contributed by atoms with Gasteiger partial charge in [0.2, 0.25) is 5.13 Å². The fourth-order valence-electron chi connectivity index (χ4n) is 2.41. The maximum Gasteiger partial charge on any atom is 0.360 e. The van der Waals surface area contributed by atoms with Gasteiger partial charge in [0.1, 0.15) is 0 Å². The molecule has 0 aliphatic rings. The Hall–Kier alpha value is -2.87. The zero-order valence-electron chi connectivity index (χ0n) is 14.5. The molecule has 2 aromatic heterocycles. The second kappa shape index (κ2) is 8.01. The van der Waals surface area contributed by atoms with E-state index in [1.54, 1.807) is 13.8 Å². The van der Waals surface area contributed by atoms with E-state index in [4.69, 9.17) is 4.74 Å². The largest absolute Gasteiger partial charge is 0.461 e. The fourth-order valence-corrected chi connectivity index (χ4v) is 3.37. The number of rotatable bonds is 7. The van der Waals surface area contributed by atoms with Gasteiger partial charge >= 0.3 is 5.97 Å². The van der Waals surface area contributed by atoms with Gasteiger partial charge in [0.25, 0.3) is 0 Å². The second-order valence-electron chi connectivity index (χ2n) is 5.59. The summed E-state index contributed by atoms with van der Waals surface area (Å²) in [4.78, 5) is 29.2. The van der Waals surface area contributed by atoms with Crippen molar-refractivity contribution in [2.75, 3.05) is 6.61 Å². The second-order valence-corrected chi connectivity index (χ2v) is 6.57. The summed E-state index contributed by atoms with van der Waals surface area (Å²) in [5.41, 5.74) is 1.88. The smallest absolute Gasteiger partial charge is 0.360 e. The molecule has 0 atom stereocenters. The van der Waals surface area contributed by atoms with Gasteiger partial charge in [0.05, 0.1) is 23.4 Å². The summed E-state index contributed by atoms with van der Waals surface area (Å²) < 4.78 is 6.28. The number of aromatic nitrogens is 4. The average Bonchev–Trinajstić information content (AvgIpc) is 3.28. The molecule has 0 unspecified atom stereocenters. The third-order valence-electron chi connectivity index (χ3n) is 3.70. The Labute approximate surface area is 154 Å². The summed E-state index contributed by atoms with van der Waals surface area (Å²) in [7, 11) is 0. The molecular weight excluding hydrogens is 352 g/mol. The lowest BCUT2D eigenvalue weighted by atomic mass is 10.1. The van der Waals surface area contributed by atoms with E-state index in [1.165, 1.54) is 22.2 Å². The molecule has 3 rings (SSSR count). The minimum atomic E-state index is -0.536. The maximum absolute atomic E-state index is 12.5. The van der Waals surface area contributed by atoms with Gasteiger partial charge in [-0.15, -0.1) is 5.10 Å². The number of ether oxygens (including phenoxy) is 1. The van der Waals surface area contributed by atoms with Gasteiger partial charge in [-0.2, -0.15) is 4.68 Å². The van der Waals surface area contributed by atoms with Gasteiger partial charge in [0, 0.05) is 6.42 Å². The molecule has 0 N–H and O–H groups in total. The highest BCUT2D eigenvalue weighted by molar-refractivity contribution is 7.16. The van der Waals surface area contributed by atoms with Crippen LogP contribution in [-0.2, 0) is 11.2 Å². The maximum atomic E-state index is 12.5. The van der Waals surface area contributed by atoms with Crippen LogP contribution in [0, 0.1) is 6.92 Å². The number of aryl methyl sites for hydroxylation is 2. The summed E-state index contributed by atoms with van der Waals surface area (Å²) >= 11 is 1.24. The summed E-state index contributed by atoms with van der Waals surface area (Å²) in [6, 6.07) is 9.88. The van der Waals surface area contributed by atoms with Gasteiger partial charge in [-0.05, 0) is 25.8 Å². The van der Waals surface area contributed by atoms with Crippen LogP contribution < -0.4 is 0 Å². The van der Waals surface area contributed by atoms with Crippen LogP contribution in [0.1, 0.15) is 44.8 Å². The Morgan fingerprint density at radius 1 is 1.23 bits per heavy atom. The first-order valence-corrected chi connectivity index (χ1v) is 9.04. The van der Waals surface area contributed by atoms with Crippen molar-refractivity contribution in [3.8, 4) is 5.13 Å². The number of hydrogen-bond donors (Lipinski definition) is 0. The fraction of sp³-hybridized carbons (Fsp3) is 0.278. The normalized spacial score (nSPS) is 10.7. The molecule has 8 heteroatoms. The SMILES string of the molecule is CCOC(=O)c1cn(-c2nc(C)c(C(=O)CCc3ccccc3)s2)nn1. The number of esters is 1. The predicted molar refractivity (Wildman–Crippen MR) is 96.8 cm³/mol. The van der Waals surface area contributed by atoms with Gasteiger partial charge in [-0.25, -0.2) is 9.78 Å². The number of carbonyl (C=O) groups excluding carboxylic acids is 2.